The summed E-state index contributed by atoms with van der Waals surface area (Å²) in [5.41, 5.74) is 3.52. The second-order valence-corrected chi connectivity index (χ2v) is 10.8. The lowest BCUT2D eigenvalue weighted by Gasteiger charge is -2.23. The zero-order valence-electron chi connectivity index (χ0n) is 20.4. The van der Waals surface area contributed by atoms with Crippen LogP contribution >= 0.6 is 0 Å². The summed E-state index contributed by atoms with van der Waals surface area (Å²) in [6.45, 7) is 6.69. The highest BCUT2D eigenvalue weighted by molar-refractivity contribution is 7.92. The van der Waals surface area contributed by atoms with Crippen molar-refractivity contribution >= 4 is 33.2 Å². The van der Waals surface area contributed by atoms with E-state index in [1.165, 1.54) is 4.31 Å². The number of para-hydroxylation sites is 1. The van der Waals surface area contributed by atoms with Gasteiger partial charge in [-0.1, -0.05) is 55.8 Å². The Morgan fingerprint density at radius 1 is 0.886 bits per heavy atom. The largest absolute Gasteiger partial charge is 0.352 e. The van der Waals surface area contributed by atoms with Crippen LogP contribution in [-0.4, -0.2) is 33.0 Å². The Balaban J connectivity index is 1.77. The van der Waals surface area contributed by atoms with Crippen LogP contribution in [0.25, 0.3) is 0 Å². The van der Waals surface area contributed by atoms with E-state index in [4.69, 9.17) is 0 Å². The highest BCUT2D eigenvalue weighted by Gasteiger charge is 2.19. The van der Waals surface area contributed by atoms with Crippen LogP contribution in [-0.2, 0) is 16.6 Å². The molecule has 0 aliphatic carbocycles. The van der Waals surface area contributed by atoms with Crippen LogP contribution in [0.2, 0.25) is 0 Å². The smallest absolute Gasteiger partial charge is 0.255 e. The van der Waals surface area contributed by atoms with Gasteiger partial charge in [-0.05, 0) is 54.8 Å². The van der Waals surface area contributed by atoms with E-state index in [1.807, 2.05) is 45.0 Å². The van der Waals surface area contributed by atoms with Crippen LogP contribution in [0, 0.1) is 12.8 Å². The summed E-state index contributed by atoms with van der Waals surface area (Å²) in [6.07, 6.45) is 1.16. The Morgan fingerprint density at radius 2 is 1.51 bits per heavy atom. The van der Waals surface area contributed by atoms with Crippen molar-refractivity contribution in [2.24, 2.45) is 5.92 Å². The van der Waals surface area contributed by atoms with Crippen molar-refractivity contribution in [2.75, 3.05) is 22.4 Å². The average molecular weight is 494 g/mol. The third kappa shape index (κ3) is 7.16. The van der Waals surface area contributed by atoms with Gasteiger partial charge in [0.25, 0.3) is 11.8 Å². The summed E-state index contributed by atoms with van der Waals surface area (Å²) in [5, 5.41) is 5.64. The van der Waals surface area contributed by atoms with Gasteiger partial charge in [0.2, 0.25) is 10.0 Å². The Morgan fingerprint density at radius 3 is 2.11 bits per heavy atom. The summed E-state index contributed by atoms with van der Waals surface area (Å²) in [4.78, 5) is 25.4. The molecule has 0 spiro atoms. The first kappa shape index (κ1) is 26.0. The molecule has 35 heavy (non-hydrogen) atoms. The van der Waals surface area contributed by atoms with E-state index in [2.05, 4.69) is 10.6 Å². The molecule has 184 valence electrons. The number of carbonyl (C=O) groups is 2. The monoisotopic (exact) mass is 493 g/mol. The van der Waals surface area contributed by atoms with Crippen LogP contribution in [0.1, 0.15) is 45.7 Å². The van der Waals surface area contributed by atoms with Gasteiger partial charge in [-0.25, -0.2) is 8.42 Å². The van der Waals surface area contributed by atoms with Crippen LogP contribution in [0.15, 0.2) is 72.8 Å². The third-order valence-corrected chi connectivity index (χ3v) is 6.50. The van der Waals surface area contributed by atoms with Crippen molar-refractivity contribution in [2.45, 2.75) is 27.3 Å². The number of aryl methyl sites for hydroxylation is 1. The maximum absolute atomic E-state index is 12.9. The third-order valence-electron chi connectivity index (χ3n) is 5.36. The number of nitrogens with zero attached hydrogens (tertiary/aromatic N) is 1. The van der Waals surface area contributed by atoms with Gasteiger partial charge in [0.1, 0.15) is 0 Å². The first-order valence-corrected chi connectivity index (χ1v) is 13.2. The minimum Gasteiger partial charge on any atom is -0.352 e. The molecule has 0 fully saturated rings. The van der Waals surface area contributed by atoms with Crippen LogP contribution in [0.4, 0.5) is 11.4 Å². The number of anilines is 2. The summed E-state index contributed by atoms with van der Waals surface area (Å²) < 4.78 is 26.2. The van der Waals surface area contributed by atoms with Crippen LogP contribution in [0.5, 0.6) is 0 Å². The Hall–Kier alpha value is -3.65. The first-order chi connectivity index (χ1) is 16.5. The molecule has 0 aliphatic heterocycles. The zero-order chi connectivity index (χ0) is 25.6. The SMILES string of the molecule is Cc1ccc(CN(c2ccc(C(=O)Nc3ccccc3C(=O)NCC(C)C)cc2)S(C)(=O)=O)cc1. The molecule has 0 atom stereocenters. The average Bonchev–Trinajstić information content (AvgIpc) is 2.82. The number of nitrogens with one attached hydrogen (secondary N) is 2. The standard InChI is InChI=1S/C27H31N3O4S/c1-19(2)17-28-27(32)24-7-5-6-8-25(24)29-26(31)22-13-15-23(16-14-22)30(35(4,33)34)18-21-11-9-20(3)10-12-21/h5-16,19H,17-18H2,1-4H3,(H,28,32)(H,29,31). The van der Waals surface area contributed by atoms with E-state index in [0.717, 1.165) is 17.4 Å². The molecule has 3 rings (SSSR count). The lowest BCUT2D eigenvalue weighted by Crippen LogP contribution is -2.29. The molecule has 3 aromatic carbocycles. The molecule has 7 nitrogen and oxygen atoms in total. The lowest BCUT2D eigenvalue weighted by atomic mass is 10.1. The van der Waals surface area contributed by atoms with Crippen LogP contribution in [0.3, 0.4) is 0 Å². The molecule has 3 aromatic rings. The van der Waals surface area contributed by atoms with Crippen molar-refractivity contribution < 1.29 is 18.0 Å². The van der Waals surface area contributed by atoms with Crippen molar-refractivity contribution in [3.63, 3.8) is 0 Å². The first-order valence-electron chi connectivity index (χ1n) is 11.4. The van der Waals surface area contributed by atoms with E-state index < -0.39 is 15.9 Å². The normalized spacial score (nSPS) is 11.2. The Labute approximate surface area is 207 Å². The van der Waals surface area contributed by atoms with Gasteiger partial charge in [-0.2, -0.15) is 0 Å². The molecule has 0 saturated heterocycles. The summed E-state index contributed by atoms with van der Waals surface area (Å²) >= 11 is 0. The highest BCUT2D eigenvalue weighted by atomic mass is 32.2. The van der Waals surface area contributed by atoms with Gasteiger partial charge in [0.15, 0.2) is 0 Å². The fourth-order valence-corrected chi connectivity index (χ4v) is 4.30. The van der Waals surface area contributed by atoms with E-state index in [-0.39, 0.29) is 12.5 Å². The van der Waals surface area contributed by atoms with E-state index >= 15 is 0 Å². The molecule has 0 aliphatic rings. The van der Waals surface area contributed by atoms with E-state index in [1.54, 1.807) is 48.5 Å². The van der Waals surface area contributed by atoms with Crippen molar-refractivity contribution in [3.05, 3.63) is 95.1 Å². The fourth-order valence-electron chi connectivity index (χ4n) is 3.42. The van der Waals surface area contributed by atoms with Gasteiger partial charge < -0.3 is 10.6 Å². The number of hydrogen-bond acceptors (Lipinski definition) is 4. The van der Waals surface area contributed by atoms with Gasteiger partial charge in [-0.15, -0.1) is 0 Å². The van der Waals surface area contributed by atoms with Crippen molar-refractivity contribution in [1.29, 1.82) is 0 Å². The molecule has 0 unspecified atom stereocenters. The number of benzene rings is 3. The summed E-state index contributed by atoms with van der Waals surface area (Å²) in [5.74, 6) is -0.355. The molecule has 0 radical (unpaired) electrons. The Bertz CT molecular complexity index is 1280. The Kier molecular flexibility index (Phi) is 8.30. The van der Waals surface area contributed by atoms with E-state index in [9.17, 15) is 18.0 Å². The molecular formula is C27H31N3O4S. The lowest BCUT2D eigenvalue weighted by molar-refractivity contribution is 0.0950. The molecular weight excluding hydrogens is 462 g/mol. The quantitative estimate of drug-likeness (QED) is 0.455. The second-order valence-electron chi connectivity index (χ2n) is 8.91. The topological polar surface area (TPSA) is 95.6 Å². The summed E-state index contributed by atoms with van der Waals surface area (Å²) in [7, 11) is -3.55. The zero-order valence-corrected chi connectivity index (χ0v) is 21.2. The second kappa shape index (κ2) is 11.2. The molecule has 0 heterocycles. The van der Waals surface area contributed by atoms with Crippen LogP contribution < -0.4 is 14.9 Å². The molecule has 2 amide bonds. The minimum atomic E-state index is -3.55. The fraction of sp³-hybridized carbons (Fsp3) is 0.259. The van der Waals surface area contributed by atoms with Gasteiger partial charge in [0, 0.05) is 12.1 Å². The van der Waals surface area contributed by atoms with Gasteiger partial charge in [-0.3, -0.25) is 13.9 Å². The number of amides is 2. The number of rotatable bonds is 9. The maximum atomic E-state index is 12.9. The molecule has 8 heteroatoms. The van der Waals surface area contributed by atoms with Crippen molar-refractivity contribution in [1.82, 2.24) is 5.32 Å². The number of carbonyl (C=O) groups excluding carboxylic acids is 2. The molecule has 0 aromatic heterocycles. The summed E-state index contributed by atoms with van der Waals surface area (Å²) in [6, 6.07) is 20.8. The molecule has 2 N–H and O–H groups in total. The predicted molar refractivity (Wildman–Crippen MR) is 140 cm³/mol. The molecule has 0 saturated carbocycles. The predicted octanol–water partition coefficient (Wildman–Crippen LogP) is 4.60. The maximum Gasteiger partial charge on any atom is 0.255 e. The minimum absolute atomic E-state index is 0.184. The molecule has 0 bridgehead atoms. The number of hydrogen-bond donors (Lipinski definition) is 2. The van der Waals surface area contributed by atoms with Crippen molar-refractivity contribution in [3.8, 4) is 0 Å². The highest BCUT2D eigenvalue weighted by Crippen LogP contribution is 2.23. The van der Waals surface area contributed by atoms with Gasteiger partial charge in [0.05, 0.1) is 29.7 Å². The van der Waals surface area contributed by atoms with E-state index in [0.29, 0.717) is 35.0 Å². The number of sulfonamides is 1. The van der Waals surface area contributed by atoms with Gasteiger partial charge >= 0.3 is 0 Å².